The maximum absolute atomic E-state index is 5.39. The Labute approximate surface area is 145 Å². The SMILES string of the molecule is COc1cc(CNC(C)c2cccc(Br)c2)cc(OC)c1OC. The molecule has 5 heteroatoms. The molecular formula is C18H22BrNO3. The second kappa shape index (κ2) is 8.22. The molecule has 1 N–H and O–H groups in total. The van der Waals surface area contributed by atoms with Crippen molar-refractivity contribution in [2.45, 2.75) is 19.5 Å². The molecule has 1 unspecified atom stereocenters. The van der Waals surface area contributed by atoms with Crippen molar-refractivity contribution in [2.24, 2.45) is 0 Å². The van der Waals surface area contributed by atoms with E-state index in [9.17, 15) is 0 Å². The highest BCUT2D eigenvalue weighted by Gasteiger charge is 2.13. The number of methoxy groups -OCH3 is 3. The zero-order valence-corrected chi connectivity index (χ0v) is 15.4. The maximum Gasteiger partial charge on any atom is 0.203 e. The molecule has 2 aromatic carbocycles. The molecule has 0 radical (unpaired) electrons. The Kier molecular flexibility index (Phi) is 6.30. The van der Waals surface area contributed by atoms with E-state index in [0.717, 1.165) is 10.0 Å². The minimum atomic E-state index is 0.228. The summed E-state index contributed by atoms with van der Waals surface area (Å²) in [5.41, 5.74) is 2.30. The van der Waals surface area contributed by atoms with Gasteiger partial charge in [-0.25, -0.2) is 0 Å². The van der Waals surface area contributed by atoms with Gasteiger partial charge >= 0.3 is 0 Å². The van der Waals surface area contributed by atoms with Crippen LogP contribution in [0, 0.1) is 0 Å². The topological polar surface area (TPSA) is 39.7 Å². The molecule has 0 spiro atoms. The molecule has 0 aliphatic rings. The predicted molar refractivity (Wildman–Crippen MR) is 95.5 cm³/mol. The van der Waals surface area contributed by atoms with Gasteiger partial charge in [0.15, 0.2) is 11.5 Å². The average Bonchev–Trinajstić information content (AvgIpc) is 2.58. The van der Waals surface area contributed by atoms with Gasteiger partial charge in [0.25, 0.3) is 0 Å². The largest absolute Gasteiger partial charge is 0.493 e. The Bertz CT molecular complexity index is 635. The lowest BCUT2D eigenvalue weighted by Crippen LogP contribution is -2.18. The van der Waals surface area contributed by atoms with Gasteiger partial charge in [0.1, 0.15) is 0 Å². The lowest BCUT2D eigenvalue weighted by atomic mass is 10.1. The predicted octanol–water partition coefficient (Wildman–Crippen LogP) is 4.33. The standard InChI is InChI=1S/C18H22BrNO3/c1-12(14-6-5-7-15(19)10-14)20-11-13-8-16(21-2)18(23-4)17(9-13)22-3/h5-10,12,20H,11H2,1-4H3. The minimum absolute atomic E-state index is 0.228. The summed E-state index contributed by atoms with van der Waals surface area (Å²) in [6, 6.07) is 12.4. The summed E-state index contributed by atoms with van der Waals surface area (Å²) in [7, 11) is 4.85. The average molecular weight is 380 g/mol. The van der Waals surface area contributed by atoms with Crippen molar-refractivity contribution >= 4 is 15.9 Å². The minimum Gasteiger partial charge on any atom is -0.493 e. The van der Waals surface area contributed by atoms with Gasteiger partial charge < -0.3 is 19.5 Å². The molecular weight excluding hydrogens is 358 g/mol. The molecule has 0 saturated heterocycles. The number of halogens is 1. The van der Waals surface area contributed by atoms with E-state index in [0.29, 0.717) is 23.8 Å². The fourth-order valence-electron chi connectivity index (χ4n) is 2.40. The Hall–Kier alpha value is -1.72. The van der Waals surface area contributed by atoms with E-state index in [2.05, 4.69) is 40.3 Å². The first kappa shape index (κ1) is 17.6. The number of benzene rings is 2. The van der Waals surface area contributed by atoms with Crippen molar-refractivity contribution in [1.29, 1.82) is 0 Å². The lowest BCUT2D eigenvalue weighted by molar-refractivity contribution is 0.323. The smallest absolute Gasteiger partial charge is 0.203 e. The van der Waals surface area contributed by atoms with Crippen LogP contribution in [0.1, 0.15) is 24.1 Å². The lowest BCUT2D eigenvalue weighted by Gasteiger charge is -2.17. The summed E-state index contributed by atoms with van der Waals surface area (Å²) >= 11 is 3.51. The number of rotatable bonds is 7. The molecule has 0 fully saturated rings. The molecule has 0 aliphatic heterocycles. The highest BCUT2D eigenvalue weighted by Crippen LogP contribution is 2.38. The van der Waals surface area contributed by atoms with Crippen LogP contribution < -0.4 is 19.5 Å². The van der Waals surface area contributed by atoms with Gasteiger partial charge in [-0.2, -0.15) is 0 Å². The van der Waals surface area contributed by atoms with Crippen LogP contribution in [0.5, 0.6) is 17.2 Å². The summed E-state index contributed by atoms with van der Waals surface area (Å²) in [4.78, 5) is 0. The van der Waals surface area contributed by atoms with E-state index in [-0.39, 0.29) is 6.04 Å². The third kappa shape index (κ3) is 4.39. The van der Waals surface area contributed by atoms with Crippen LogP contribution in [-0.2, 0) is 6.54 Å². The van der Waals surface area contributed by atoms with E-state index in [1.54, 1.807) is 21.3 Å². The Morgan fingerprint density at radius 3 is 2.17 bits per heavy atom. The molecule has 2 aromatic rings. The van der Waals surface area contributed by atoms with Gasteiger partial charge in [-0.05, 0) is 42.3 Å². The molecule has 23 heavy (non-hydrogen) atoms. The highest BCUT2D eigenvalue weighted by molar-refractivity contribution is 9.10. The summed E-state index contributed by atoms with van der Waals surface area (Å²) in [6.45, 7) is 2.84. The molecule has 124 valence electrons. The van der Waals surface area contributed by atoms with Crippen LogP contribution in [-0.4, -0.2) is 21.3 Å². The van der Waals surface area contributed by atoms with Gasteiger partial charge in [0.05, 0.1) is 21.3 Å². The fraction of sp³-hybridized carbons (Fsp3) is 0.333. The molecule has 0 saturated carbocycles. The van der Waals surface area contributed by atoms with Crippen LogP contribution in [0.15, 0.2) is 40.9 Å². The molecule has 0 aromatic heterocycles. The van der Waals surface area contributed by atoms with Crippen LogP contribution >= 0.6 is 15.9 Å². The Morgan fingerprint density at radius 1 is 1.00 bits per heavy atom. The third-order valence-corrected chi connectivity index (χ3v) is 4.18. The number of nitrogens with one attached hydrogen (secondary N) is 1. The second-order valence-corrected chi connectivity index (χ2v) is 6.11. The van der Waals surface area contributed by atoms with Crippen molar-refractivity contribution < 1.29 is 14.2 Å². The Morgan fingerprint density at radius 2 is 1.65 bits per heavy atom. The van der Waals surface area contributed by atoms with Gasteiger partial charge in [0.2, 0.25) is 5.75 Å². The van der Waals surface area contributed by atoms with Crippen molar-refractivity contribution in [2.75, 3.05) is 21.3 Å². The van der Waals surface area contributed by atoms with Crippen LogP contribution in [0.4, 0.5) is 0 Å². The highest BCUT2D eigenvalue weighted by atomic mass is 79.9. The summed E-state index contributed by atoms with van der Waals surface area (Å²) < 4.78 is 17.2. The van der Waals surface area contributed by atoms with Gasteiger partial charge in [0, 0.05) is 17.1 Å². The molecule has 4 nitrogen and oxygen atoms in total. The molecule has 0 heterocycles. The number of ether oxygens (including phenoxy) is 3. The summed E-state index contributed by atoms with van der Waals surface area (Å²) in [6.07, 6.45) is 0. The van der Waals surface area contributed by atoms with Crippen molar-refractivity contribution in [3.8, 4) is 17.2 Å². The summed E-state index contributed by atoms with van der Waals surface area (Å²) in [5, 5.41) is 3.51. The molecule has 0 aliphatic carbocycles. The quantitative estimate of drug-likeness (QED) is 0.777. The zero-order chi connectivity index (χ0) is 16.8. The number of hydrogen-bond donors (Lipinski definition) is 1. The zero-order valence-electron chi connectivity index (χ0n) is 13.9. The van der Waals surface area contributed by atoms with Gasteiger partial charge in [-0.3, -0.25) is 0 Å². The first-order valence-corrected chi connectivity index (χ1v) is 8.16. The maximum atomic E-state index is 5.39. The first-order chi connectivity index (χ1) is 11.1. The second-order valence-electron chi connectivity index (χ2n) is 5.19. The van der Waals surface area contributed by atoms with E-state index < -0.39 is 0 Å². The van der Waals surface area contributed by atoms with E-state index in [4.69, 9.17) is 14.2 Å². The van der Waals surface area contributed by atoms with E-state index >= 15 is 0 Å². The van der Waals surface area contributed by atoms with Gasteiger partial charge in [-0.1, -0.05) is 28.1 Å². The molecule has 2 rings (SSSR count). The fourth-order valence-corrected chi connectivity index (χ4v) is 2.82. The molecule has 1 atom stereocenters. The van der Waals surface area contributed by atoms with Crippen LogP contribution in [0.2, 0.25) is 0 Å². The van der Waals surface area contributed by atoms with Crippen molar-refractivity contribution in [3.05, 3.63) is 52.0 Å². The Balaban J connectivity index is 2.14. The van der Waals surface area contributed by atoms with Crippen LogP contribution in [0.3, 0.4) is 0 Å². The van der Waals surface area contributed by atoms with Gasteiger partial charge in [-0.15, -0.1) is 0 Å². The summed E-state index contributed by atoms with van der Waals surface area (Å²) in [5.74, 6) is 1.94. The molecule has 0 amide bonds. The van der Waals surface area contributed by atoms with E-state index in [1.807, 2.05) is 24.3 Å². The third-order valence-electron chi connectivity index (χ3n) is 3.69. The monoisotopic (exact) mass is 379 g/mol. The van der Waals surface area contributed by atoms with Crippen LogP contribution in [0.25, 0.3) is 0 Å². The van der Waals surface area contributed by atoms with Crippen molar-refractivity contribution in [3.63, 3.8) is 0 Å². The normalized spacial score (nSPS) is 11.9. The number of hydrogen-bond acceptors (Lipinski definition) is 4. The first-order valence-electron chi connectivity index (χ1n) is 7.36. The molecule has 0 bridgehead atoms. The van der Waals surface area contributed by atoms with E-state index in [1.165, 1.54) is 5.56 Å². The van der Waals surface area contributed by atoms with Crippen molar-refractivity contribution in [1.82, 2.24) is 5.32 Å².